The molecule has 5 nitrogen and oxygen atoms in total. The molecule has 5 heteroatoms. The SMILES string of the molecule is Cc1cccc(C(=O)N[C@@H](C(=O)N2CCN(c3cccc(C)c3C)CC2)C(C)C)c1. The molecule has 2 aromatic carbocycles. The number of anilines is 1. The summed E-state index contributed by atoms with van der Waals surface area (Å²) in [6.45, 7) is 13.1. The van der Waals surface area contributed by atoms with Crippen LogP contribution in [0.2, 0.25) is 0 Å². The normalized spacial score (nSPS) is 15.3. The Bertz CT molecular complexity index is 914. The number of carbonyl (C=O) groups is 2. The predicted octanol–water partition coefficient (Wildman–Crippen LogP) is 3.72. The van der Waals surface area contributed by atoms with Crippen LogP contribution in [0.25, 0.3) is 0 Å². The van der Waals surface area contributed by atoms with Gasteiger partial charge >= 0.3 is 0 Å². The number of aryl methyl sites for hydroxylation is 2. The van der Waals surface area contributed by atoms with Crippen molar-refractivity contribution in [2.45, 2.75) is 40.7 Å². The summed E-state index contributed by atoms with van der Waals surface area (Å²) < 4.78 is 0. The second-order valence-corrected chi connectivity index (χ2v) is 8.60. The van der Waals surface area contributed by atoms with Crippen molar-refractivity contribution in [3.63, 3.8) is 0 Å². The standard InChI is InChI=1S/C25H33N3O2/c1-17(2)23(26-24(29)21-10-6-8-18(3)16-21)25(30)28-14-12-27(13-15-28)22-11-7-9-19(4)20(22)5/h6-11,16-17,23H,12-15H2,1-5H3,(H,26,29)/t23-/m1/s1. The number of nitrogens with one attached hydrogen (secondary N) is 1. The molecule has 2 aromatic rings. The quantitative estimate of drug-likeness (QED) is 0.822. The molecule has 3 rings (SSSR count). The van der Waals surface area contributed by atoms with Gasteiger partial charge in [0.2, 0.25) is 5.91 Å². The molecule has 0 saturated carbocycles. The van der Waals surface area contributed by atoms with Crippen LogP contribution in [-0.2, 0) is 4.79 Å². The number of carbonyl (C=O) groups excluding carboxylic acids is 2. The lowest BCUT2D eigenvalue weighted by atomic mass is 10.0. The van der Waals surface area contributed by atoms with Crippen molar-refractivity contribution < 1.29 is 9.59 Å². The fourth-order valence-electron chi connectivity index (χ4n) is 3.97. The van der Waals surface area contributed by atoms with E-state index < -0.39 is 6.04 Å². The van der Waals surface area contributed by atoms with Crippen molar-refractivity contribution in [1.29, 1.82) is 0 Å². The van der Waals surface area contributed by atoms with Crippen molar-refractivity contribution in [1.82, 2.24) is 10.2 Å². The number of hydrogen-bond acceptors (Lipinski definition) is 3. The first-order chi connectivity index (χ1) is 14.3. The number of hydrogen-bond donors (Lipinski definition) is 1. The molecular weight excluding hydrogens is 374 g/mol. The zero-order valence-corrected chi connectivity index (χ0v) is 18.7. The molecule has 1 aliphatic heterocycles. The van der Waals surface area contributed by atoms with Gasteiger partial charge in [-0.2, -0.15) is 0 Å². The molecule has 30 heavy (non-hydrogen) atoms. The number of amides is 2. The Labute approximate surface area is 180 Å². The number of piperazine rings is 1. The first kappa shape index (κ1) is 21.9. The van der Waals surface area contributed by atoms with Gasteiger partial charge < -0.3 is 15.1 Å². The lowest BCUT2D eigenvalue weighted by molar-refractivity contribution is -0.134. The highest BCUT2D eigenvalue weighted by atomic mass is 16.2. The van der Waals surface area contributed by atoms with Gasteiger partial charge in [-0.05, 0) is 56.0 Å². The highest BCUT2D eigenvalue weighted by Gasteiger charge is 2.31. The Balaban J connectivity index is 1.65. The van der Waals surface area contributed by atoms with Gasteiger partial charge in [-0.15, -0.1) is 0 Å². The Morgan fingerprint density at radius 2 is 1.60 bits per heavy atom. The lowest BCUT2D eigenvalue weighted by Gasteiger charge is -2.39. The van der Waals surface area contributed by atoms with Gasteiger partial charge in [0.15, 0.2) is 0 Å². The second-order valence-electron chi connectivity index (χ2n) is 8.60. The van der Waals surface area contributed by atoms with Crippen LogP contribution in [0.15, 0.2) is 42.5 Å². The first-order valence-electron chi connectivity index (χ1n) is 10.8. The van der Waals surface area contributed by atoms with Crippen LogP contribution in [0.4, 0.5) is 5.69 Å². The maximum absolute atomic E-state index is 13.2. The lowest BCUT2D eigenvalue weighted by Crippen LogP contribution is -2.56. The molecule has 0 spiro atoms. The van der Waals surface area contributed by atoms with Gasteiger partial charge in [0.25, 0.3) is 5.91 Å². The largest absolute Gasteiger partial charge is 0.368 e. The van der Waals surface area contributed by atoms with Crippen molar-refractivity contribution in [3.05, 3.63) is 64.7 Å². The van der Waals surface area contributed by atoms with Crippen LogP contribution in [0.1, 0.15) is 40.9 Å². The van der Waals surface area contributed by atoms with Gasteiger partial charge in [-0.3, -0.25) is 9.59 Å². The van der Waals surface area contributed by atoms with E-state index in [0.29, 0.717) is 18.7 Å². The van der Waals surface area contributed by atoms with E-state index in [1.807, 2.05) is 43.9 Å². The fourth-order valence-corrected chi connectivity index (χ4v) is 3.97. The topological polar surface area (TPSA) is 52.7 Å². The molecule has 1 N–H and O–H groups in total. The zero-order valence-electron chi connectivity index (χ0n) is 18.7. The molecule has 160 valence electrons. The van der Waals surface area contributed by atoms with Crippen LogP contribution in [0, 0.1) is 26.7 Å². The van der Waals surface area contributed by atoms with Crippen molar-refractivity contribution >= 4 is 17.5 Å². The minimum atomic E-state index is -0.523. The van der Waals surface area contributed by atoms with Gasteiger partial charge in [0.1, 0.15) is 6.04 Å². The Hall–Kier alpha value is -2.82. The molecule has 0 unspecified atom stereocenters. The average Bonchev–Trinajstić information content (AvgIpc) is 2.73. The molecule has 1 atom stereocenters. The summed E-state index contributed by atoms with van der Waals surface area (Å²) in [6.07, 6.45) is 0. The van der Waals surface area contributed by atoms with E-state index in [1.165, 1.54) is 16.8 Å². The molecule has 1 heterocycles. The Kier molecular flexibility index (Phi) is 6.80. The molecule has 0 aliphatic carbocycles. The summed E-state index contributed by atoms with van der Waals surface area (Å²) in [4.78, 5) is 30.2. The highest BCUT2D eigenvalue weighted by molar-refractivity contribution is 5.97. The van der Waals surface area contributed by atoms with E-state index in [1.54, 1.807) is 6.07 Å². The highest BCUT2D eigenvalue weighted by Crippen LogP contribution is 2.24. The maximum atomic E-state index is 13.2. The Morgan fingerprint density at radius 1 is 0.933 bits per heavy atom. The van der Waals surface area contributed by atoms with Crippen LogP contribution in [0.3, 0.4) is 0 Å². The molecule has 2 amide bonds. The number of nitrogens with zero attached hydrogens (tertiary/aromatic N) is 2. The van der Waals surface area contributed by atoms with Crippen molar-refractivity contribution in [3.8, 4) is 0 Å². The van der Waals surface area contributed by atoms with Gasteiger partial charge in [0.05, 0.1) is 0 Å². The third-order valence-corrected chi connectivity index (χ3v) is 6.01. The van der Waals surface area contributed by atoms with E-state index >= 15 is 0 Å². The summed E-state index contributed by atoms with van der Waals surface area (Å²) in [6, 6.07) is 13.3. The third-order valence-electron chi connectivity index (χ3n) is 6.01. The molecule has 1 saturated heterocycles. The van der Waals surface area contributed by atoms with E-state index in [0.717, 1.165) is 18.7 Å². The summed E-state index contributed by atoms with van der Waals surface area (Å²) in [5, 5.41) is 2.97. The summed E-state index contributed by atoms with van der Waals surface area (Å²) in [5.74, 6) is -0.172. The smallest absolute Gasteiger partial charge is 0.251 e. The number of benzene rings is 2. The van der Waals surface area contributed by atoms with Crippen LogP contribution < -0.4 is 10.2 Å². The molecule has 1 aliphatic rings. The zero-order chi connectivity index (χ0) is 21.8. The monoisotopic (exact) mass is 407 g/mol. The molecule has 1 fully saturated rings. The summed E-state index contributed by atoms with van der Waals surface area (Å²) in [5.41, 5.74) is 5.44. The average molecular weight is 408 g/mol. The fraction of sp³-hybridized carbons (Fsp3) is 0.440. The van der Waals surface area contributed by atoms with Crippen molar-refractivity contribution in [2.24, 2.45) is 5.92 Å². The van der Waals surface area contributed by atoms with Gasteiger partial charge in [0, 0.05) is 37.4 Å². The summed E-state index contributed by atoms with van der Waals surface area (Å²) in [7, 11) is 0. The van der Waals surface area contributed by atoms with E-state index in [4.69, 9.17) is 0 Å². The molecular formula is C25H33N3O2. The minimum Gasteiger partial charge on any atom is -0.368 e. The van der Waals surface area contributed by atoms with Gasteiger partial charge in [-0.1, -0.05) is 43.7 Å². The van der Waals surface area contributed by atoms with E-state index in [9.17, 15) is 9.59 Å². The number of rotatable bonds is 5. The molecule has 0 aromatic heterocycles. The van der Waals surface area contributed by atoms with Gasteiger partial charge in [-0.25, -0.2) is 0 Å². The van der Waals surface area contributed by atoms with Crippen LogP contribution in [0.5, 0.6) is 0 Å². The minimum absolute atomic E-state index is 0.00613. The predicted molar refractivity (Wildman–Crippen MR) is 122 cm³/mol. The van der Waals surface area contributed by atoms with E-state index in [-0.39, 0.29) is 17.7 Å². The maximum Gasteiger partial charge on any atom is 0.251 e. The second kappa shape index (κ2) is 9.33. The van der Waals surface area contributed by atoms with Crippen LogP contribution in [-0.4, -0.2) is 48.9 Å². The van der Waals surface area contributed by atoms with Crippen molar-refractivity contribution in [2.75, 3.05) is 31.1 Å². The molecule has 0 bridgehead atoms. The molecule has 0 radical (unpaired) electrons. The van der Waals surface area contributed by atoms with Crippen LogP contribution >= 0.6 is 0 Å². The third kappa shape index (κ3) is 4.84. The summed E-state index contributed by atoms with van der Waals surface area (Å²) >= 11 is 0. The Morgan fingerprint density at radius 3 is 2.23 bits per heavy atom. The first-order valence-corrected chi connectivity index (χ1v) is 10.8. The van der Waals surface area contributed by atoms with E-state index in [2.05, 4.69) is 42.3 Å².